The Hall–Kier alpha value is -4.12. The molecule has 2 aromatic heterocycles. The third-order valence-corrected chi connectivity index (χ3v) is 6.14. The van der Waals surface area contributed by atoms with Crippen molar-refractivity contribution in [3.8, 4) is 34.7 Å². The summed E-state index contributed by atoms with van der Waals surface area (Å²) in [4.78, 5) is 16.9. The van der Waals surface area contributed by atoms with Crippen LogP contribution in [0.3, 0.4) is 0 Å². The van der Waals surface area contributed by atoms with E-state index in [1.807, 2.05) is 32.9 Å². The van der Waals surface area contributed by atoms with E-state index in [0.717, 1.165) is 35.1 Å². The van der Waals surface area contributed by atoms with Crippen molar-refractivity contribution in [1.29, 1.82) is 5.26 Å². The van der Waals surface area contributed by atoms with Crippen molar-refractivity contribution in [2.24, 2.45) is 0 Å². The highest BCUT2D eigenvalue weighted by Gasteiger charge is 2.29. The van der Waals surface area contributed by atoms with E-state index < -0.39 is 5.60 Å². The summed E-state index contributed by atoms with van der Waals surface area (Å²) in [5, 5.41) is 14.6. The number of hydrogen-bond donors (Lipinski definition) is 0. The number of fused-ring (bicyclic) bond motifs is 3. The summed E-state index contributed by atoms with van der Waals surface area (Å²) in [5.41, 5.74) is 3.66. The Labute approximate surface area is 203 Å². The van der Waals surface area contributed by atoms with Gasteiger partial charge in [-0.3, -0.25) is 4.79 Å². The summed E-state index contributed by atoms with van der Waals surface area (Å²) in [7, 11) is 1.52. The van der Waals surface area contributed by atoms with Gasteiger partial charge in [0.05, 0.1) is 19.1 Å². The summed E-state index contributed by atoms with van der Waals surface area (Å²) in [6.45, 7) is 6.53. The number of benzene rings is 2. The van der Waals surface area contributed by atoms with Crippen LogP contribution in [0.15, 0.2) is 47.0 Å². The fourth-order valence-electron chi connectivity index (χ4n) is 4.63. The van der Waals surface area contributed by atoms with Gasteiger partial charge in [-0.2, -0.15) is 10.2 Å². The minimum Gasteiger partial charge on any atom is -0.495 e. The van der Waals surface area contributed by atoms with Crippen molar-refractivity contribution in [3.63, 3.8) is 0 Å². The molecule has 5 rings (SSSR count). The fraction of sp³-hybridized carbons (Fsp3) is 0.333. The van der Waals surface area contributed by atoms with Crippen LogP contribution in [0, 0.1) is 11.3 Å². The molecule has 1 atom stereocenters. The average molecular weight is 471 g/mol. The molecule has 0 spiro atoms. The number of aryl methyl sites for hydroxylation is 1. The highest BCUT2D eigenvalue weighted by molar-refractivity contribution is 5.86. The molecule has 0 saturated carbocycles. The third-order valence-electron chi connectivity index (χ3n) is 6.14. The number of methoxy groups -OCH3 is 1. The molecule has 0 aliphatic carbocycles. The van der Waals surface area contributed by atoms with Gasteiger partial charge in [0.2, 0.25) is 5.82 Å². The van der Waals surface area contributed by atoms with Crippen LogP contribution in [0.1, 0.15) is 50.8 Å². The number of carbonyl (C=O) groups is 1. The zero-order valence-corrected chi connectivity index (χ0v) is 20.2. The molecule has 178 valence electrons. The summed E-state index contributed by atoms with van der Waals surface area (Å²) < 4.78 is 18.5. The normalized spacial score (nSPS) is 15.1. The van der Waals surface area contributed by atoms with E-state index in [2.05, 4.69) is 32.9 Å². The van der Waals surface area contributed by atoms with E-state index in [1.54, 1.807) is 18.2 Å². The topological polar surface area (TPSA) is 103 Å². The molecule has 3 heterocycles. The van der Waals surface area contributed by atoms with Gasteiger partial charge in [0.15, 0.2) is 0 Å². The van der Waals surface area contributed by atoms with Crippen LogP contribution in [-0.4, -0.2) is 33.4 Å². The second-order valence-corrected chi connectivity index (χ2v) is 9.72. The lowest BCUT2D eigenvalue weighted by Crippen LogP contribution is -2.24. The monoisotopic (exact) mass is 470 g/mol. The first-order chi connectivity index (χ1) is 16.8. The Bertz CT molecular complexity index is 1470. The smallest absolute Gasteiger partial charge is 0.306 e. The van der Waals surface area contributed by atoms with Crippen molar-refractivity contribution in [1.82, 2.24) is 14.7 Å². The Morgan fingerprint density at radius 1 is 1.20 bits per heavy atom. The molecule has 8 nitrogen and oxygen atoms in total. The summed E-state index contributed by atoms with van der Waals surface area (Å²) in [6.07, 6.45) is 1.30. The number of esters is 1. The van der Waals surface area contributed by atoms with Gasteiger partial charge in [-0.1, -0.05) is 5.16 Å². The highest BCUT2D eigenvalue weighted by Crippen LogP contribution is 2.38. The number of rotatable bonds is 5. The number of carbonyl (C=O) groups excluding carboxylic acids is 1. The van der Waals surface area contributed by atoms with E-state index in [-0.39, 0.29) is 11.9 Å². The molecule has 0 bridgehead atoms. The third kappa shape index (κ3) is 4.37. The maximum absolute atomic E-state index is 12.4. The van der Waals surface area contributed by atoms with E-state index in [9.17, 15) is 10.1 Å². The van der Waals surface area contributed by atoms with E-state index in [4.69, 9.17) is 14.0 Å². The average Bonchev–Trinajstić information content (AvgIpc) is 3.53. The minimum atomic E-state index is -0.483. The first-order valence-corrected chi connectivity index (χ1v) is 11.5. The van der Waals surface area contributed by atoms with Gasteiger partial charge in [0.1, 0.15) is 17.4 Å². The molecule has 35 heavy (non-hydrogen) atoms. The van der Waals surface area contributed by atoms with Crippen LogP contribution in [0.2, 0.25) is 0 Å². The number of nitrogens with zero attached hydrogens (tertiary/aromatic N) is 4. The molecule has 2 aromatic carbocycles. The van der Waals surface area contributed by atoms with Crippen molar-refractivity contribution < 1.29 is 18.8 Å². The fourth-order valence-corrected chi connectivity index (χ4v) is 4.63. The van der Waals surface area contributed by atoms with Crippen molar-refractivity contribution in [2.75, 3.05) is 7.11 Å². The predicted molar refractivity (Wildman–Crippen MR) is 130 cm³/mol. The molecular formula is C27H26N4O4. The molecule has 1 aliphatic rings. The molecule has 4 aromatic rings. The van der Waals surface area contributed by atoms with Crippen LogP contribution >= 0.6 is 0 Å². The highest BCUT2D eigenvalue weighted by atomic mass is 16.6. The van der Waals surface area contributed by atoms with Gasteiger partial charge in [-0.25, -0.2) is 0 Å². The standard InChI is InChI=1S/C27H26N4O4/c1-27(2,3)34-24(32)14-16-9-10-31-21-7-5-17(11-19(21)13-22(16)31)25-29-26(35-30-25)18-6-8-23(33-4)20(12-18)15-28/h5-8,11-13,16H,9-10,14H2,1-4H3. The molecule has 1 unspecified atom stereocenters. The Morgan fingerprint density at radius 2 is 2.00 bits per heavy atom. The van der Waals surface area contributed by atoms with Crippen molar-refractivity contribution in [3.05, 3.63) is 53.7 Å². The van der Waals surface area contributed by atoms with Crippen molar-refractivity contribution >= 4 is 16.9 Å². The van der Waals surface area contributed by atoms with Crippen LogP contribution in [0.4, 0.5) is 0 Å². The van der Waals surface area contributed by atoms with Crippen LogP contribution in [0.5, 0.6) is 5.75 Å². The maximum atomic E-state index is 12.4. The second kappa shape index (κ2) is 8.58. The Balaban J connectivity index is 1.41. The SMILES string of the molecule is COc1ccc(-c2nc(-c3ccc4c(c3)cc3n4CCC3CC(=O)OC(C)(C)C)no2)cc1C#N. The number of aromatic nitrogens is 3. The number of ether oxygens (including phenoxy) is 2. The molecule has 8 heteroatoms. The Kier molecular flexibility index (Phi) is 5.56. The number of hydrogen-bond acceptors (Lipinski definition) is 7. The van der Waals surface area contributed by atoms with Gasteiger partial charge >= 0.3 is 5.97 Å². The Morgan fingerprint density at radius 3 is 2.74 bits per heavy atom. The molecule has 0 radical (unpaired) electrons. The summed E-state index contributed by atoms with van der Waals surface area (Å²) in [6, 6.07) is 15.5. The molecule has 1 aliphatic heterocycles. The zero-order valence-electron chi connectivity index (χ0n) is 20.2. The quantitative estimate of drug-likeness (QED) is 0.357. The van der Waals surface area contributed by atoms with Gasteiger partial charge in [-0.05, 0) is 69.7 Å². The first-order valence-electron chi connectivity index (χ1n) is 11.5. The van der Waals surface area contributed by atoms with E-state index >= 15 is 0 Å². The van der Waals surface area contributed by atoms with Crippen molar-refractivity contribution in [2.45, 2.75) is 51.7 Å². The van der Waals surface area contributed by atoms with Crippen LogP contribution in [0.25, 0.3) is 33.7 Å². The molecule has 0 fully saturated rings. The summed E-state index contributed by atoms with van der Waals surface area (Å²) >= 11 is 0. The molecule has 0 amide bonds. The molecule has 0 N–H and O–H groups in total. The first kappa shape index (κ1) is 22.7. The van der Waals surface area contributed by atoms with Crippen LogP contribution < -0.4 is 4.74 Å². The largest absolute Gasteiger partial charge is 0.495 e. The second-order valence-electron chi connectivity index (χ2n) is 9.72. The van der Waals surface area contributed by atoms with Gasteiger partial charge in [0.25, 0.3) is 5.89 Å². The lowest BCUT2D eigenvalue weighted by atomic mass is 10.00. The minimum absolute atomic E-state index is 0.141. The lowest BCUT2D eigenvalue weighted by Gasteiger charge is -2.20. The van der Waals surface area contributed by atoms with Gasteiger partial charge < -0.3 is 18.6 Å². The predicted octanol–water partition coefficient (Wildman–Crippen LogP) is 5.46. The summed E-state index contributed by atoms with van der Waals surface area (Å²) in [5.74, 6) is 1.26. The van der Waals surface area contributed by atoms with Crippen LogP contribution in [-0.2, 0) is 16.1 Å². The molecule has 0 saturated heterocycles. The number of nitriles is 1. The van der Waals surface area contributed by atoms with E-state index in [0.29, 0.717) is 35.0 Å². The molecular weight excluding hydrogens is 444 g/mol. The van der Waals surface area contributed by atoms with Gasteiger partial charge in [-0.15, -0.1) is 0 Å². The van der Waals surface area contributed by atoms with Gasteiger partial charge in [0, 0.05) is 40.2 Å². The van der Waals surface area contributed by atoms with E-state index in [1.165, 1.54) is 7.11 Å². The zero-order chi connectivity index (χ0) is 24.7. The lowest BCUT2D eigenvalue weighted by molar-refractivity contribution is -0.155. The maximum Gasteiger partial charge on any atom is 0.306 e.